The van der Waals surface area contributed by atoms with Gasteiger partial charge >= 0.3 is 5.69 Å². The summed E-state index contributed by atoms with van der Waals surface area (Å²) in [6.07, 6.45) is 0.968. The Kier molecular flexibility index (Phi) is 6.66. The number of hydrogen-bond donors (Lipinski definition) is 3. The predicted octanol–water partition coefficient (Wildman–Crippen LogP) is 2.20. The molecule has 0 aliphatic carbocycles. The van der Waals surface area contributed by atoms with Crippen molar-refractivity contribution in [2.24, 2.45) is 5.92 Å². The number of aromatic nitrogens is 2. The number of anilines is 1. The lowest BCUT2D eigenvalue weighted by Gasteiger charge is -2.31. The number of carbonyl (C=O) groups is 1. The van der Waals surface area contributed by atoms with Gasteiger partial charge in [-0.2, -0.15) is 4.31 Å². The Balaban J connectivity index is 1.44. The first-order valence-corrected chi connectivity index (χ1v) is 12.2. The highest BCUT2D eigenvalue weighted by Gasteiger charge is 2.36. The zero-order valence-electron chi connectivity index (χ0n) is 18.4. The number of para-hydroxylation sites is 1. The van der Waals surface area contributed by atoms with Gasteiger partial charge in [0.2, 0.25) is 15.9 Å². The molecule has 1 aromatic heterocycles. The van der Waals surface area contributed by atoms with E-state index in [1.54, 1.807) is 24.3 Å². The first-order valence-electron chi connectivity index (χ1n) is 10.7. The number of rotatable bonds is 6. The summed E-state index contributed by atoms with van der Waals surface area (Å²) in [5.74, 6) is 0.398. The molecule has 1 saturated heterocycles. The van der Waals surface area contributed by atoms with E-state index in [0.717, 1.165) is 4.31 Å². The number of piperidine rings is 1. The highest BCUT2D eigenvalue weighted by molar-refractivity contribution is 7.89. The van der Waals surface area contributed by atoms with E-state index < -0.39 is 32.1 Å². The van der Waals surface area contributed by atoms with E-state index in [9.17, 15) is 22.8 Å². The van der Waals surface area contributed by atoms with E-state index in [0.29, 0.717) is 30.0 Å². The lowest BCUT2D eigenvalue weighted by molar-refractivity contribution is -0.120. The van der Waals surface area contributed by atoms with Crippen molar-refractivity contribution < 1.29 is 17.9 Å². The molecule has 178 valence electrons. The first kappa shape index (κ1) is 23.5. The van der Waals surface area contributed by atoms with Crippen LogP contribution in [0.1, 0.15) is 18.5 Å². The Labute approximate surface area is 195 Å². The van der Waals surface area contributed by atoms with Gasteiger partial charge in [0.1, 0.15) is 11.5 Å². The van der Waals surface area contributed by atoms with E-state index in [1.165, 1.54) is 6.92 Å². The van der Waals surface area contributed by atoms with Gasteiger partial charge in [-0.15, -0.1) is 0 Å². The SMILES string of the molecule is Cc1[nH]c(=O)[nH]c(=O)c1S(=O)(=O)N1CCC[C@H](C(=O)Nc2ccc(Oc3ccccc3)cc2)C1. The van der Waals surface area contributed by atoms with Gasteiger partial charge in [0.15, 0.2) is 4.90 Å². The quantitative estimate of drug-likeness (QED) is 0.490. The summed E-state index contributed by atoms with van der Waals surface area (Å²) >= 11 is 0. The average Bonchev–Trinajstić information content (AvgIpc) is 2.80. The molecule has 11 heteroatoms. The van der Waals surface area contributed by atoms with Crippen LogP contribution >= 0.6 is 0 Å². The van der Waals surface area contributed by atoms with Gasteiger partial charge in [-0.1, -0.05) is 18.2 Å². The van der Waals surface area contributed by atoms with Crippen molar-refractivity contribution >= 4 is 21.6 Å². The number of aromatic amines is 2. The van der Waals surface area contributed by atoms with Crippen LogP contribution in [-0.4, -0.2) is 41.7 Å². The molecule has 3 N–H and O–H groups in total. The van der Waals surface area contributed by atoms with Crippen molar-refractivity contribution in [1.29, 1.82) is 0 Å². The van der Waals surface area contributed by atoms with Gasteiger partial charge in [0, 0.05) is 24.5 Å². The van der Waals surface area contributed by atoms with Crippen LogP contribution in [0.4, 0.5) is 5.69 Å². The molecule has 0 bridgehead atoms. The van der Waals surface area contributed by atoms with Crippen molar-refractivity contribution in [2.75, 3.05) is 18.4 Å². The van der Waals surface area contributed by atoms with E-state index in [4.69, 9.17) is 4.74 Å². The van der Waals surface area contributed by atoms with Crippen LogP contribution in [-0.2, 0) is 14.8 Å². The number of nitrogens with one attached hydrogen (secondary N) is 3. The second-order valence-electron chi connectivity index (χ2n) is 7.99. The van der Waals surface area contributed by atoms with E-state index in [2.05, 4.69) is 10.3 Å². The molecule has 2 heterocycles. The molecule has 3 aromatic rings. The topological polar surface area (TPSA) is 141 Å². The zero-order valence-corrected chi connectivity index (χ0v) is 19.2. The lowest BCUT2D eigenvalue weighted by Crippen LogP contribution is -2.45. The van der Waals surface area contributed by atoms with Crippen molar-refractivity contribution in [3.63, 3.8) is 0 Å². The number of ether oxygens (including phenoxy) is 1. The Morgan fingerprint density at radius 1 is 1.03 bits per heavy atom. The zero-order chi connectivity index (χ0) is 24.3. The van der Waals surface area contributed by atoms with Gasteiger partial charge in [-0.25, -0.2) is 13.2 Å². The van der Waals surface area contributed by atoms with Crippen LogP contribution in [0.25, 0.3) is 0 Å². The van der Waals surface area contributed by atoms with Crippen molar-refractivity contribution in [2.45, 2.75) is 24.7 Å². The Hall–Kier alpha value is -3.70. The lowest BCUT2D eigenvalue weighted by atomic mass is 9.99. The Morgan fingerprint density at radius 2 is 1.71 bits per heavy atom. The summed E-state index contributed by atoms with van der Waals surface area (Å²) in [5.41, 5.74) is -1.25. The summed E-state index contributed by atoms with van der Waals surface area (Å²) in [5, 5.41) is 2.81. The fourth-order valence-electron chi connectivity index (χ4n) is 3.88. The third-order valence-corrected chi connectivity index (χ3v) is 7.55. The standard InChI is InChI=1S/C23H24N4O6S/c1-15-20(22(29)26-23(30)24-15)34(31,32)27-13-5-6-16(14-27)21(28)25-17-9-11-19(12-10-17)33-18-7-3-2-4-8-18/h2-4,7-12,16H,5-6,13-14H2,1H3,(H,25,28)(H2,24,26,29,30)/t16-/m0/s1. The molecule has 2 aromatic carbocycles. The molecule has 0 radical (unpaired) electrons. The highest BCUT2D eigenvalue weighted by Crippen LogP contribution is 2.26. The maximum Gasteiger partial charge on any atom is 0.325 e. The maximum absolute atomic E-state index is 13.1. The maximum atomic E-state index is 13.1. The number of benzene rings is 2. The molecule has 1 aliphatic heterocycles. The van der Waals surface area contributed by atoms with Crippen LogP contribution in [0.3, 0.4) is 0 Å². The summed E-state index contributed by atoms with van der Waals surface area (Å²) in [7, 11) is -4.19. The van der Waals surface area contributed by atoms with Crippen LogP contribution < -0.4 is 21.3 Å². The summed E-state index contributed by atoms with van der Waals surface area (Å²) in [6.45, 7) is 1.46. The molecule has 1 aliphatic rings. The van der Waals surface area contributed by atoms with Crippen molar-refractivity contribution in [3.8, 4) is 11.5 Å². The molecule has 1 atom stereocenters. The molecule has 10 nitrogen and oxygen atoms in total. The Bertz CT molecular complexity index is 1400. The van der Waals surface area contributed by atoms with Crippen LogP contribution in [0.2, 0.25) is 0 Å². The number of sulfonamides is 1. The predicted molar refractivity (Wildman–Crippen MR) is 125 cm³/mol. The average molecular weight is 485 g/mol. The summed E-state index contributed by atoms with van der Waals surface area (Å²) in [6, 6.07) is 16.2. The first-order chi connectivity index (χ1) is 16.2. The third kappa shape index (κ3) is 5.10. The van der Waals surface area contributed by atoms with E-state index in [-0.39, 0.29) is 24.7 Å². The van der Waals surface area contributed by atoms with Gasteiger partial charge in [-0.3, -0.25) is 14.6 Å². The smallest absolute Gasteiger partial charge is 0.325 e. The number of H-pyrrole nitrogens is 2. The third-order valence-electron chi connectivity index (χ3n) is 5.53. The molecule has 0 unspecified atom stereocenters. The van der Waals surface area contributed by atoms with Crippen LogP contribution in [0.5, 0.6) is 11.5 Å². The minimum atomic E-state index is -4.19. The van der Waals surface area contributed by atoms with E-state index >= 15 is 0 Å². The van der Waals surface area contributed by atoms with Crippen molar-refractivity contribution in [3.05, 3.63) is 81.1 Å². The fourth-order valence-corrected chi connectivity index (χ4v) is 5.61. The molecule has 0 spiro atoms. The number of hydrogen-bond acceptors (Lipinski definition) is 6. The molecule has 1 amide bonds. The number of amides is 1. The van der Waals surface area contributed by atoms with E-state index in [1.807, 2.05) is 35.3 Å². The summed E-state index contributed by atoms with van der Waals surface area (Å²) < 4.78 is 33.0. The van der Waals surface area contributed by atoms with Crippen LogP contribution in [0, 0.1) is 12.8 Å². The Morgan fingerprint density at radius 3 is 2.38 bits per heavy atom. The van der Waals surface area contributed by atoms with Gasteiger partial charge < -0.3 is 15.0 Å². The monoisotopic (exact) mass is 484 g/mol. The minimum Gasteiger partial charge on any atom is -0.457 e. The molecule has 4 rings (SSSR count). The molecule has 1 fully saturated rings. The second-order valence-corrected chi connectivity index (χ2v) is 9.87. The second kappa shape index (κ2) is 9.65. The number of nitrogens with zero attached hydrogens (tertiary/aromatic N) is 1. The number of aryl methyl sites for hydroxylation is 1. The minimum absolute atomic E-state index is 0.0434. The fraction of sp³-hybridized carbons (Fsp3) is 0.261. The van der Waals surface area contributed by atoms with Gasteiger partial charge in [0.25, 0.3) is 5.56 Å². The molecular formula is C23H24N4O6S. The summed E-state index contributed by atoms with van der Waals surface area (Å²) in [4.78, 5) is 40.2. The van der Waals surface area contributed by atoms with Gasteiger partial charge in [0.05, 0.1) is 5.92 Å². The number of carbonyl (C=O) groups excluding carboxylic acids is 1. The molecular weight excluding hydrogens is 460 g/mol. The normalized spacial score (nSPS) is 16.7. The van der Waals surface area contributed by atoms with Crippen LogP contribution in [0.15, 0.2) is 69.1 Å². The molecule has 0 saturated carbocycles. The largest absolute Gasteiger partial charge is 0.457 e. The van der Waals surface area contributed by atoms with Crippen molar-refractivity contribution in [1.82, 2.24) is 14.3 Å². The molecule has 34 heavy (non-hydrogen) atoms. The van der Waals surface area contributed by atoms with Gasteiger partial charge in [-0.05, 0) is 56.2 Å². The highest BCUT2D eigenvalue weighted by atomic mass is 32.2.